The van der Waals surface area contributed by atoms with Gasteiger partial charge in [-0.2, -0.15) is 0 Å². The Morgan fingerprint density at radius 3 is 2.45 bits per heavy atom. The van der Waals surface area contributed by atoms with Gasteiger partial charge in [0, 0.05) is 5.02 Å². The lowest BCUT2D eigenvalue weighted by Gasteiger charge is -2.17. The molecule has 2 aromatic rings. The van der Waals surface area contributed by atoms with Gasteiger partial charge in [-0.25, -0.2) is 0 Å². The summed E-state index contributed by atoms with van der Waals surface area (Å²) >= 11 is 9.30. The van der Waals surface area contributed by atoms with E-state index in [-0.39, 0.29) is 0 Å². The van der Waals surface area contributed by atoms with Gasteiger partial charge in [0.15, 0.2) is 0 Å². The molecule has 1 N–H and O–H groups in total. The van der Waals surface area contributed by atoms with Crippen LogP contribution < -0.4 is 9.47 Å². The quantitative estimate of drug-likeness (QED) is 0.841. The van der Waals surface area contributed by atoms with E-state index in [1.54, 1.807) is 44.4 Å². The first kappa shape index (κ1) is 15.2. The maximum absolute atomic E-state index is 9.92. The van der Waals surface area contributed by atoms with E-state index >= 15 is 0 Å². The summed E-state index contributed by atoms with van der Waals surface area (Å²) in [7, 11) is 1.56. The molecule has 0 aliphatic heterocycles. The fourth-order valence-electron chi connectivity index (χ4n) is 1.88. The molecule has 0 saturated heterocycles. The number of methoxy groups -OCH3 is 1. The van der Waals surface area contributed by atoms with E-state index in [9.17, 15) is 5.11 Å². The fourth-order valence-corrected chi connectivity index (χ4v) is 2.64. The van der Waals surface area contributed by atoms with Crippen LogP contribution in [0.5, 0.6) is 17.2 Å². The van der Waals surface area contributed by atoms with Crippen LogP contribution in [0.2, 0.25) is 5.02 Å². The molecule has 0 unspecified atom stereocenters. The molecule has 0 fully saturated rings. The van der Waals surface area contributed by atoms with Gasteiger partial charge in [-0.3, -0.25) is 0 Å². The summed E-state index contributed by atoms with van der Waals surface area (Å²) in [6.45, 7) is 1.67. The van der Waals surface area contributed by atoms with E-state index < -0.39 is 6.10 Å². The van der Waals surface area contributed by atoms with Gasteiger partial charge in [-0.05, 0) is 53.2 Å². The third-order valence-electron chi connectivity index (χ3n) is 2.78. The Morgan fingerprint density at radius 1 is 1.15 bits per heavy atom. The van der Waals surface area contributed by atoms with Crippen LogP contribution in [0.1, 0.15) is 18.6 Å². The molecule has 5 heteroatoms. The normalized spacial score (nSPS) is 12.1. The second-order valence-corrected chi connectivity index (χ2v) is 5.52. The van der Waals surface area contributed by atoms with Crippen LogP contribution in [-0.2, 0) is 0 Å². The maximum Gasteiger partial charge on any atom is 0.141 e. The molecular weight excluding hydrogens is 344 g/mol. The van der Waals surface area contributed by atoms with Crippen LogP contribution in [0.4, 0.5) is 0 Å². The van der Waals surface area contributed by atoms with Gasteiger partial charge in [0.1, 0.15) is 17.2 Å². The van der Waals surface area contributed by atoms with Crippen molar-refractivity contribution >= 4 is 27.5 Å². The number of hydrogen-bond donors (Lipinski definition) is 1. The Hall–Kier alpha value is -1.23. The summed E-state index contributed by atoms with van der Waals surface area (Å²) in [5, 5.41) is 10.5. The number of hydrogen-bond acceptors (Lipinski definition) is 3. The first-order valence-electron chi connectivity index (χ1n) is 6.00. The standard InChI is InChI=1S/C15H14BrClO3/c1-9(18)15-13(19-2)4-3-5-14(15)20-12-7-6-10(17)8-11(12)16/h3-9,18H,1-2H3/t9-/m1/s1. The van der Waals surface area contributed by atoms with E-state index in [0.29, 0.717) is 27.8 Å². The zero-order valence-electron chi connectivity index (χ0n) is 11.1. The first-order chi connectivity index (χ1) is 9.52. The Kier molecular flexibility index (Phi) is 4.91. The van der Waals surface area contributed by atoms with Crippen molar-refractivity contribution < 1.29 is 14.6 Å². The molecular formula is C15H14BrClO3. The van der Waals surface area contributed by atoms with Crippen LogP contribution in [0.15, 0.2) is 40.9 Å². The molecule has 0 aromatic heterocycles. The Labute approximate surface area is 131 Å². The highest BCUT2D eigenvalue weighted by atomic mass is 79.9. The summed E-state index contributed by atoms with van der Waals surface area (Å²) < 4.78 is 11.9. The molecule has 0 aliphatic rings. The fraction of sp³-hybridized carbons (Fsp3) is 0.200. The van der Waals surface area contributed by atoms with E-state index in [2.05, 4.69) is 15.9 Å². The minimum Gasteiger partial charge on any atom is -0.496 e. The van der Waals surface area contributed by atoms with Crippen molar-refractivity contribution in [3.8, 4) is 17.2 Å². The Balaban J connectivity index is 2.43. The van der Waals surface area contributed by atoms with Gasteiger partial charge in [0.2, 0.25) is 0 Å². The van der Waals surface area contributed by atoms with Crippen molar-refractivity contribution in [2.24, 2.45) is 0 Å². The summed E-state index contributed by atoms with van der Waals surface area (Å²) in [6.07, 6.45) is -0.702. The monoisotopic (exact) mass is 356 g/mol. The zero-order valence-corrected chi connectivity index (χ0v) is 13.4. The molecule has 0 saturated carbocycles. The molecule has 106 valence electrons. The number of aliphatic hydroxyl groups excluding tert-OH is 1. The number of halogens is 2. The largest absolute Gasteiger partial charge is 0.496 e. The second kappa shape index (κ2) is 6.48. The highest BCUT2D eigenvalue weighted by molar-refractivity contribution is 9.10. The molecule has 0 aliphatic carbocycles. The van der Waals surface area contributed by atoms with Gasteiger partial charge in [0.25, 0.3) is 0 Å². The predicted octanol–water partition coefficient (Wildman–Crippen LogP) is 4.96. The average molecular weight is 358 g/mol. The molecule has 0 amide bonds. The van der Waals surface area contributed by atoms with Crippen molar-refractivity contribution in [2.45, 2.75) is 13.0 Å². The Morgan fingerprint density at radius 2 is 1.85 bits per heavy atom. The van der Waals surface area contributed by atoms with Gasteiger partial charge in [-0.1, -0.05) is 17.7 Å². The lowest BCUT2D eigenvalue weighted by atomic mass is 10.1. The van der Waals surface area contributed by atoms with Crippen molar-refractivity contribution in [3.63, 3.8) is 0 Å². The summed E-state index contributed by atoms with van der Waals surface area (Å²) in [5.41, 5.74) is 0.608. The highest BCUT2D eigenvalue weighted by Gasteiger charge is 2.16. The average Bonchev–Trinajstić information content (AvgIpc) is 2.41. The molecule has 0 bridgehead atoms. The topological polar surface area (TPSA) is 38.7 Å². The van der Waals surface area contributed by atoms with Gasteiger partial charge >= 0.3 is 0 Å². The molecule has 1 atom stereocenters. The molecule has 2 aromatic carbocycles. The number of aliphatic hydroxyl groups is 1. The SMILES string of the molecule is COc1cccc(Oc2ccc(Cl)cc2Br)c1[C@@H](C)O. The van der Waals surface area contributed by atoms with Gasteiger partial charge < -0.3 is 14.6 Å². The summed E-state index contributed by atoms with van der Waals surface area (Å²) in [6, 6.07) is 10.6. The molecule has 0 spiro atoms. The van der Waals surface area contributed by atoms with Crippen molar-refractivity contribution in [2.75, 3.05) is 7.11 Å². The maximum atomic E-state index is 9.92. The van der Waals surface area contributed by atoms with Crippen molar-refractivity contribution in [1.82, 2.24) is 0 Å². The Bertz CT molecular complexity index is 614. The van der Waals surface area contributed by atoms with E-state index in [4.69, 9.17) is 21.1 Å². The first-order valence-corrected chi connectivity index (χ1v) is 7.18. The molecule has 3 nitrogen and oxygen atoms in total. The number of benzene rings is 2. The minimum absolute atomic E-state index is 0.544. The summed E-state index contributed by atoms with van der Waals surface area (Å²) in [4.78, 5) is 0. The molecule has 0 radical (unpaired) electrons. The summed E-state index contributed by atoms with van der Waals surface area (Å²) in [5.74, 6) is 1.74. The lowest BCUT2D eigenvalue weighted by molar-refractivity contribution is 0.190. The highest BCUT2D eigenvalue weighted by Crippen LogP contribution is 2.38. The number of ether oxygens (including phenoxy) is 2. The van der Waals surface area contributed by atoms with E-state index in [1.807, 2.05) is 6.07 Å². The van der Waals surface area contributed by atoms with Crippen LogP contribution in [-0.4, -0.2) is 12.2 Å². The second-order valence-electron chi connectivity index (χ2n) is 4.22. The van der Waals surface area contributed by atoms with Gasteiger partial charge in [0.05, 0.1) is 23.2 Å². The zero-order chi connectivity index (χ0) is 14.7. The van der Waals surface area contributed by atoms with Crippen LogP contribution in [0.3, 0.4) is 0 Å². The van der Waals surface area contributed by atoms with Gasteiger partial charge in [-0.15, -0.1) is 0 Å². The molecule has 20 heavy (non-hydrogen) atoms. The third-order valence-corrected chi connectivity index (χ3v) is 3.63. The van der Waals surface area contributed by atoms with Crippen molar-refractivity contribution in [3.05, 3.63) is 51.5 Å². The lowest BCUT2D eigenvalue weighted by Crippen LogP contribution is -2.00. The van der Waals surface area contributed by atoms with E-state index in [0.717, 1.165) is 4.47 Å². The molecule has 0 heterocycles. The third kappa shape index (κ3) is 3.26. The van der Waals surface area contributed by atoms with Crippen molar-refractivity contribution in [1.29, 1.82) is 0 Å². The van der Waals surface area contributed by atoms with E-state index in [1.165, 1.54) is 0 Å². The van der Waals surface area contributed by atoms with Crippen LogP contribution in [0, 0.1) is 0 Å². The predicted molar refractivity (Wildman–Crippen MR) is 82.9 cm³/mol. The minimum atomic E-state index is -0.702. The molecule has 2 rings (SSSR count). The smallest absolute Gasteiger partial charge is 0.141 e. The van der Waals surface area contributed by atoms with Crippen LogP contribution in [0.25, 0.3) is 0 Å². The number of rotatable bonds is 4. The van der Waals surface area contributed by atoms with Crippen LogP contribution >= 0.6 is 27.5 Å².